The molecule has 0 aromatic carbocycles. The lowest BCUT2D eigenvalue weighted by Crippen LogP contribution is -2.37. The van der Waals surface area contributed by atoms with Gasteiger partial charge in [0.15, 0.2) is 0 Å². The van der Waals surface area contributed by atoms with Gasteiger partial charge in [-0.3, -0.25) is 4.84 Å². The van der Waals surface area contributed by atoms with Gasteiger partial charge in [0.25, 0.3) is 0 Å². The fourth-order valence-electron chi connectivity index (χ4n) is 0.695. The van der Waals surface area contributed by atoms with Gasteiger partial charge in [0, 0.05) is 7.05 Å². The van der Waals surface area contributed by atoms with Crippen LogP contribution in [0.2, 0.25) is 0 Å². The number of hydrogen-bond acceptors (Lipinski definition) is 4. The van der Waals surface area contributed by atoms with Gasteiger partial charge in [-0.2, -0.15) is 0 Å². The predicted molar refractivity (Wildman–Crippen MR) is 38.2 cm³/mol. The Morgan fingerprint density at radius 3 is 3.09 bits per heavy atom. The standard InChI is InChI=1S/C6H10N2O3/c1-3-10-5-4-8(2)6(9)11-7-5/h3-4H2,1-2H3. The summed E-state index contributed by atoms with van der Waals surface area (Å²) in [5.41, 5.74) is 0. The molecule has 1 amide bonds. The summed E-state index contributed by atoms with van der Waals surface area (Å²) < 4.78 is 5.03. The molecule has 1 rings (SSSR count). The van der Waals surface area contributed by atoms with Crippen LogP contribution in [0.15, 0.2) is 5.16 Å². The van der Waals surface area contributed by atoms with Crippen molar-refractivity contribution in [2.75, 3.05) is 20.2 Å². The second-order valence-electron chi connectivity index (χ2n) is 2.13. The summed E-state index contributed by atoms with van der Waals surface area (Å²) in [5, 5.41) is 3.45. The Kier molecular flexibility index (Phi) is 2.30. The molecular weight excluding hydrogens is 148 g/mol. The molecule has 0 fully saturated rings. The Balaban J connectivity index is 2.51. The molecule has 0 aromatic heterocycles. The number of likely N-dealkylation sites (N-methyl/N-ethyl adjacent to an activating group) is 1. The predicted octanol–water partition coefficient (Wildman–Crippen LogP) is 0.418. The van der Waals surface area contributed by atoms with Crippen LogP contribution >= 0.6 is 0 Å². The number of nitrogens with zero attached hydrogens (tertiary/aromatic N) is 2. The first-order chi connectivity index (χ1) is 5.24. The van der Waals surface area contributed by atoms with Crippen LogP contribution in [0.25, 0.3) is 0 Å². The smallest absolute Gasteiger partial charge is 0.436 e. The van der Waals surface area contributed by atoms with Gasteiger partial charge in [0.05, 0.1) is 6.61 Å². The second-order valence-corrected chi connectivity index (χ2v) is 2.13. The van der Waals surface area contributed by atoms with Crippen LogP contribution in [0.5, 0.6) is 0 Å². The van der Waals surface area contributed by atoms with Crippen molar-refractivity contribution in [2.24, 2.45) is 5.16 Å². The summed E-state index contributed by atoms with van der Waals surface area (Å²) in [6.45, 7) is 2.76. The third-order valence-corrected chi connectivity index (χ3v) is 1.22. The number of amides is 1. The molecule has 0 bridgehead atoms. The quantitative estimate of drug-likeness (QED) is 0.519. The second kappa shape index (κ2) is 3.23. The Labute approximate surface area is 64.6 Å². The van der Waals surface area contributed by atoms with E-state index in [0.29, 0.717) is 19.0 Å². The SMILES string of the molecule is CCOC1=NOC(=O)N(C)C1. The number of carbonyl (C=O) groups excluding carboxylic acids is 1. The summed E-state index contributed by atoms with van der Waals surface area (Å²) >= 11 is 0. The molecule has 62 valence electrons. The number of hydrogen-bond donors (Lipinski definition) is 0. The fraction of sp³-hybridized carbons (Fsp3) is 0.667. The maximum Gasteiger partial charge on any atom is 0.436 e. The first-order valence-electron chi connectivity index (χ1n) is 3.35. The lowest BCUT2D eigenvalue weighted by molar-refractivity contribution is 0.0980. The molecule has 5 heteroatoms. The molecule has 0 unspecified atom stereocenters. The van der Waals surface area contributed by atoms with Crippen molar-refractivity contribution in [3.8, 4) is 0 Å². The van der Waals surface area contributed by atoms with E-state index in [-0.39, 0.29) is 0 Å². The van der Waals surface area contributed by atoms with Crippen molar-refractivity contribution >= 4 is 12.0 Å². The zero-order chi connectivity index (χ0) is 8.27. The largest absolute Gasteiger partial charge is 0.478 e. The van der Waals surface area contributed by atoms with Crippen molar-refractivity contribution in [3.05, 3.63) is 0 Å². The third kappa shape index (κ3) is 1.83. The Morgan fingerprint density at radius 2 is 2.55 bits per heavy atom. The lowest BCUT2D eigenvalue weighted by Gasteiger charge is -2.19. The van der Waals surface area contributed by atoms with Gasteiger partial charge < -0.3 is 9.64 Å². The highest BCUT2D eigenvalue weighted by atomic mass is 16.7. The van der Waals surface area contributed by atoms with Crippen LogP contribution in [0.4, 0.5) is 4.79 Å². The van der Waals surface area contributed by atoms with Crippen LogP contribution < -0.4 is 0 Å². The number of rotatable bonds is 1. The molecule has 0 aromatic rings. The van der Waals surface area contributed by atoms with Crippen molar-refractivity contribution in [2.45, 2.75) is 6.92 Å². The van der Waals surface area contributed by atoms with Gasteiger partial charge in [0.2, 0.25) is 5.90 Å². The average molecular weight is 158 g/mol. The van der Waals surface area contributed by atoms with Crippen LogP contribution in [-0.4, -0.2) is 37.1 Å². The van der Waals surface area contributed by atoms with Crippen LogP contribution in [0.1, 0.15) is 6.92 Å². The minimum Gasteiger partial charge on any atom is -0.478 e. The average Bonchev–Trinajstić information content (AvgIpc) is 1.98. The summed E-state index contributed by atoms with van der Waals surface area (Å²) in [6, 6.07) is 0. The number of carbonyl (C=O) groups is 1. The van der Waals surface area contributed by atoms with Gasteiger partial charge in [-0.25, -0.2) is 4.79 Å². The summed E-state index contributed by atoms with van der Waals surface area (Å²) in [6.07, 6.45) is -0.451. The third-order valence-electron chi connectivity index (χ3n) is 1.22. The van der Waals surface area contributed by atoms with E-state index in [1.807, 2.05) is 6.92 Å². The first kappa shape index (κ1) is 7.84. The Morgan fingerprint density at radius 1 is 1.82 bits per heavy atom. The highest BCUT2D eigenvalue weighted by Gasteiger charge is 2.19. The van der Waals surface area contributed by atoms with Gasteiger partial charge in [-0.1, -0.05) is 0 Å². The normalized spacial score (nSPS) is 17.5. The summed E-state index contributed by atoms with van der Waals surface area (Å²) in [5.74, 6) is 0.439. The van der Waals surface area contributed by atoms with E-state index in [2.05, 4.69) is 9.99 Å². The Bertz CT molecular complexity index is 190. The monoisotopic (exact) mass is 158 g/mol. The van der Waals surface area contributed by atoms with Gasteiger partial charge >= 0.3 is 6.09 Å². The number of ether oxygens (including phenoxy) is 1. The Hall–Kier alpha value is -1.26. The van der Waals surface area contributed by atoms with E-state index in [9.17, 15) is 4.79 Å². The maximum atomic E-state index is 10.7. The zero-order valence-corrected chi connectivity index (χ0v) is 6.53. The molecule has 0 spiro atoms. The number of oxime groups is 1. The highest BCUT2D eigenvalue weighted by molar-refractivity contribution is 5.84. The van der Waals surface area contributed by atoms with Gasteiger partial charge in [-0.05, 0) is 12.1 Å². The molecular formula is C6H10N2O3. The fourth-order valence-corrected chi connectivity index (χ4v) is 0.695. The maximum absolute atomic E-state index is 10.7. The summed E-state index contributed by atoms with van der Waals surface area (Å²) in [4.78, 5) is 16.5. The lowest BCUT2D eigenvalue weighted by atomic mass is 10.5. The van der Waals surface area contributed by atoms with E-state index in [4.69, 9.17) is 4.74 Å². The van der Waals surface area contributed by atoms with Gasteiger partial charge in [0.1, 0.15) is 6.54 Å². The van der Waals surface area contributed by atoms with Crippen molar-refractivity contribution in [1.82, 2.24) is 4.90 Å². The zero-order valence-electron chi connectivity index (χ0n) is 6.53. The van der Waals surface area contributed by atoms with E-state index < -0.39 is 6.09 Å². The van der Waals surface area contributed by atoms with E-state index >= 15 is 0 Å². The van der Waals surface area contributed by atoms with Crippen molar-refractivity contribution in [1.29, 1.82) is 0 Å². The van der Waals surface area contributed by atoms with E-state index in [1.54, 1.807) is 7.05 Å². The molecule has 5 nitrogen and oxygen atoms in total. The van der Waals surface area contributed by atoms with E-state index in [0.717, 1.165) is 0 Å². The molecule has 1 aliphatic rings. The molecule has 1 aliphatic heterocycles. The van der Waals surface area contributed by atoms with Crippen LogP contribution in [-0.2, 0) is 9.57 Å². The van der Waals surface area contributed by atoms with Crippen LogP contribution in [0.3, 0.4) is 0 Å². The highest BCUT2D eigenvalue weighted by Crippen LogP contribution is 2.00. The molecule has 0 saturated heterocycles. The molecule has 0 atom stereocenters. The van der Waals surface area contributed by atoms with E-state index in [1.165, 1.54) is 4.90 Å². The molecule has 0 saturated carbocycles. The summed E-state index contributed by atoms with van der Waals surface area (Å²) in [7, 11) is 1.62. The van der Waals surface area contributed by atoms with Gasteiger partial charge in [-0.15, -0.1) is 0 Å². The molecule has 0 radical (unpaired) electrons. The molecule has 0 N–H and O–H groups in total. The van der Waals surface area contributed by atoms with Crippen LogP contribution in [0, 0.1) is 0 Å². The van der Waals surface area contributed by atoms with Crippen molar-refractivity contribution in [3.63, 3.8) is 0 Å². The molecule has 1 heterocycles. The van der Waals surface area contributed by atoms with Crippen molar-refractivity contribution < 1.29 is 14.4 Å². The first-order valence-corrected chi connectivity index (χ1v) is 3.35. The minimum absolute atomic E-state index is 0.382. The minimum atomic E-state index is -0.451. The molecule has 0 aliphatic carbocycles. The molecule has 11 heavy (non-hydrogen) atoms. The topological polar surface area (TPSA) is 51.1 Å².